The summed E-state index contributed by atoms with van der Waals surface area (Å²) < 4.78 is 24.7. The van der Waals surface area contributed by atoms with Crippen molar-refractivity contribution in [2.45, 2.75) is 32.7 Å². The van der Waals surface area contributed by atoms with Gasteiger partial charge in [-0.15, -0.1) is 0 Å². The Morgan fingerprint density at radius 3 is 2.38 bits per heavy atom. The zero-order chi connectivity index (χ0) is 22.2. The number of rotatable bonds is 4. The van der Waals surface area contributed by atoms with Crippen LogP contribution in [0, 0.1) is 10.1 Å². The van der Waals surface area contributed by atoms with E-state index in [1.807, 2.05) is 25.7 Å². The molecule has 10 nitrogen and oxygen atoms in total. The molecule has 1 amide bonds. The minimum Gasteiger partial charge on any atom is -0.435 e. The average Bonchev–Trinajstić information content (AvgIpc) is 2.83. The SMILES string of the molecule is CN(c1cc(N2CCC[N+](C(=O)O)(C(C)(C)C)CC2)ccc1[N+](=O)[O-])S(C)(=O)=O. The van der Waals surface area contributed by atoms with Crippen molar-refractivity contribution in [1.29, 1.82) is 0 Å². The van der Waals surface area contributed by atoms with E-state index >= 15 is 0 Å². The molecule has 1 fully saturated rings. The number of carbonyl (C=O) groups is 1. The van der Waals surface area contributed by atoms with Crippen LogP contribution in [0.2, 0.25) is 0 Å². The molecule has 1 atom stereocenters. The number of carboxylic acid groups (broad SMARTS) is 1. The Balaban J connectivity index is 2.43. The van der Waals surface area contributed by atoms with Gasteiger partial charge in [0.1, 0.15) is 17.8 Å². The van der Waals surface area contributed by atoms with Crippen molar-refractivity contribution in [2.24, 2.45) is 0 Å². The van der Waals surface area contributed by atoms with E-state index in [9.17, 15) is 28.4 Å². The van der Waals surface area contributed by atoms with Crippen LogP contribution in [0.1, 0.15) is 27.2 Å². The van der Waals surface area contributed by atoms with Gasteiger partial charge in [0, 0.05) is 31.8 Å². The molecule has 1 N–H and O–H groups in total. The average molecular weight is 430 g/mol. The minimum atomic E-state index is -3.69. The number of nitrogens with zero attached hydrogens (tertiary/aromatic N) is 4. The first-order valence-corrected chi connectivity index (χ1v) is 11.1. The smallest absolute Gasteiger partial charge is 0.435 e. The zero-order valence-electron chi connectivity index (χ0n) is 17.5. The van der Waals surface area contributed by atoms with E-state index in [1.165, 1.54) is 19.2 Å². The highest BCUT2D eigenvalue weighted by Gasteiger charge is 2.48. The number of nitro benzene ring substituents is 1. The first kappa shape index (κ1) is 22.9. The van der Waals surface area contributed by atoms with Gasteiger partial charge in [0.25, 0.3) is 5.69 Å². The van der Waals surface area contributed by atoms with Crippen LogP contribution in [-0.2, 0) is 10.0 Å². The fraction of sp³-hybridized carbons (Fsp3) is 0.611. The number of nitro groups is 1. The maximum atomic E-state index is 12.1. The van der Waals surface area contributed by atoms with Crippen molar-refractivity contribution < 1.29 is 27.7 Å². The Hall–Kier alpha value is -2.40. The first-order valence-electron chi connectivity index (χ1n) is 9.29. The molecular formula is C18H29N4O6S+. The van der Waals surface area contributed by atoms with E-state index in [0.29, 0.717) is 38.3 Å². The molecule has 162 valence electrons. The van der Waals surface area contributed by atoms with E-state index in [-0.39, 0.29) is 15.9 Å². The third-order valence-corrected chi connectivity index (χ3v) is 6.92. The molecule has 1 aliphatic rings. The molecule has 0 aromatic heterocycles. The van der Waals surface area contributed by atoms with E-state index in [0.717, 1.165) is 10.6 Å². The molecule has 1 heterocycles. The van der Waals surface area contributed by atoms with E-state index in [4.69, 9.17) is 0 Å². The van der Waals surface area contributed by atoms with Gasteiger partial charge in [-0.05, 0) is 32.9 Å². The molecule has 11 heteroatoms. The van der Waals surface area contributed by atoms with Gasteiger partial charge in [0.05, 0.1) is 24.3 Å². The summed E-state index contributed by atoms with van der Waals surface area (Å²) >= 11 is 0. The molecule has 29 heavy (non-hydrogen) atoms. The van der Waals surface area contributed by atoms with Crippen LogP contribution in [0.3, 0.4) is 0 Å². The number of hydrogen-bond acceptors (Lipinski definition) is 6. The van der Waals surface area contributed by atoms with Crippen molar-refractivity contribution in [2.75, 3.05) is 48.7 Å². The second kappa shape index (κ2) is 7.79. The predicted octanol–water partition coefficient (Wildman–Crippen LogP) is 2.49. The van der Waals surface area contributed by atoms with Crippen molar-refractivity contribution in [3.05, 3.63) is 28.3 Å². The summed E-state index contributed by atoms with van der Waals surface area (Å²) in [7, 11) is -2.41. The second-order valence-corrected chi connectivity index (χ2v) is 10.4. The highest BCUT2D eigenvalue weighted by molar-refractivity contribution is 7.92. The quantitative estimate of drug-likeness (QED) is 0.443. The van der Waals surface area contributed by atoms with Crippen molar-refractivity contribution >= 4 is 33.2 Å². The van der Waals surface area contributed by atoms with Gasteiger partial charge < -0.3 is 10.0 Å². The number of sulfonamides is 1. The fourth-order valence-electron chi connectivity index (χ4n) is 3.75. The Bertz CT molecular complexity index is 911. The lowest BCUT2D eigenvalue weighted by Crippen LogP contribution is -2.64. The molecular weight excluding hydrogens is 400 g/mol. The van der Waals surface area contributed by atoms with Crippen LogP contribution >= 0.6 is 0 Å². The topological polar surface area (TPSA) is 121 Å². The van der Waals surface area contributed by atoms with Crippen LogP contribution < -0.4 is 9.21 Å². The van der Waals surface area contributed by atoms with Crippen molar-refractivity contribution in [1.82, 2.24) is 0 Å². The predicted molar refractivity (Wildman–Crippen MR) is 111 cm³/mol. The van der Waals surface area contributed by atoms with Gasteiger partial charge in [0.15, 0.2) is 0 Å². The maximum absolute atomic E-state index is 12.1. The summed E-state index contributed by atoms with van der Waals surface area (Å²) in [5.74, 6) is 0. The third-order valence-electron chi connectivity index (χ3n) is 5.73. The molecule has 1 aromatic rings. The first-order chi connectivity index (χ1) is 13.2. The molecule has 0 bridgehead atoms. The Morgan fingerprint density at radius 2 is 1.90 bits per heavy atom. The summed E-state index contributed by atoms with van der Waals surface area (Å²) in [6, 6.07) is 4.35. The highest BCUT2D eigenvalue weighted by atomic mass is 32.2. The lowest BCUT2D eigenvalue weighted by atomic mass is 10.0. The van der Waals surface area contributed by atoms with Crippen LogP contribution in [0.25, 0.3) is 0 Å². The molecule has 1 saturated heterocycles. The zero-order valence-corrected chi connectivity index (χ0v) is 18.3. The largest absolute Gasteiger partial charge is 0.514 e. The molecule has 2 rings (SSSR count). The van der Waals surface area contributed by atoms with E-state index in [2.05, 4.69) is 0 Å². The highest BCUT2D eigenvalue weighted by Crippen LogP contribution is 2.35. The normalized spacial score (nSPS) is 20.8. The second-order valence-electron chi connectivity index (χ2n) is 8.37. The standard InChI is InChI=1S/C18H28N4O6S/c1-18(2,3)22(17(23)24)11-6-9-20(10-12-22)14-7-8-15(21(25)26)16(13-14)19(4)29(5,27)28/h7-8,13H,6,9-12H2,1-5H3/p+1. The summed E-state index contributed by atoms with van der Waals surface area (Å²) in [5, 5.41) is 21.3. The van der Waals surface area contributed by atoms with Gasteiger partial charge in [-0.3, -0.25) is 14.4 Å². The van der Waals surface area contributed by atoms with Crippen LogP contribution in [0.4, 0.5) is 21.9 Å². The van der Waals surface area contributed by atoms with Gasteiger partial charge in [0.2, 0.25) is 10.0 Å². The van der Waals surface area contributed by atoms with Crippen molar-refractivity contribution in [3.63, 3.8) is 0 Å². The van der Waals surface area contributed by atoms with E-state index < -0.39 is 26.6 Å². The minimum absolute atomic E-state index is 0.0194. The molecule has 1 unspecified atom stereocenters. The molecule has 0 saturated carbocycles. The van der Waals surface area contributed by atoms with E-state index in [1.54, 1.807) is 6.07 Å². The Morgan fingerprint density at radius 1 is 1.28 bits per heavy atom. The number of benzene rings is 1. The van der Waals surface area contributed by atoms with Gasteiger partial charge in [-0.2, -0.15) is 4.79 Å². The lowest BCUT2D eigenvalue weighted by molar-refractivity contribution is -0.901. The summed E-state index contributed by atoms with van der Waals surface area (Å²) in [5.41, 5.74) is -0.185. The molecule has 0 aliphatic carbocycles. The van der Waals surface area contributed by atoms with Gasteiger partial charge in [-0.25, -0.2) is 12.9 Å². The number of amides is 1. The summed E-state index contributed by atoms with van der Waals surface area (Å²) in [4.78, 5) is 24.8. The number of quaternary nitrogens is 1. The molecule has 0 spiro atoms. The van der Waals surface area contributed by atoms with Crippen molar-refractivity contribution in [3.8, 4) is 0 Å². The van der Waals surface area contributed by atoms with Crippen LogP contribution in [0.5, 0.6) is 0 Å². The maximum Gasteiger partial charge on any atom is 0.514 e. The number of anilines is 2. The summed E-state index contributed by atoms with van der Waals surface area (Å²) in [6.07, 6.45) is 0.732. The lowest BCUT2D eigenvalue weighted by Gasteiger charge is -2.42. The van der Waals surface area contributed by atoms with Gasteiger partial charge >= 0.3 is 6.09 Å². The molecule has 0 radical (unpaired) electrons. The monoisotopic (exact) mass is 429 g/mol. The van der Waals surface area contributed by atoms with Crippen LogP contribution in [0.15, 0.2) is 18.2 Å². The third kappa shape index (κ3) is 4.45. The van der Waals surface area contributed by atoms with Crippen LogP contribution in [-0.4, -0.2) is 74.0 Å². The summed E-state index contributed by atoms with van der Waals surface area (Å²) in [6.45, 7) is 7.56. The number of hydrogen-bond donors (Lipinski definition) is 1. The van der Waals surface area contributed by atoms with Gasteiger partial charge in [-0.1, -0.05) is 0 Å². The Kier molecular flexibility index (Phi) is 6.15. The fourth-order valence-corrected chi connectivity index (χ4v) is 4.25. The Labute approximate surface area is 171 Å². The molecule has 1 aromatic carbocycles. The molecule has 1 aliphatic heterocycles.